The first-order chi connectivity index (χ1) is 37.7. The third kappa shape index (κ3) is 6.38. The molecule has 0 unspecified atom stereocenters. The van der Waals surface area contributed by atoms with Crippen molar-refractivity contribution in [2.24, 2.45) is 0 Å². The maximum Gasteiger partial charge on any atom is 0.164 e. The van der Waals surface area contributed by atoms with E-state index in [0.29, 0.717) is 17.5 Å². The SMILES string of the molecule is c1ccc(C2(c3ccccc3)c3ccccc3-c3c(-c4cccc(-c5ccc6oc7cccc(-c8nc(-c9cccc%10sc%11ccccc%11c9%10)nc(-c9cccc%10sc%11ccccc%11c9%10)n8)c7c6c5)c4)cccc32)cc1. The van der Waals surface area contributed by atoms with Crippen LogP contribution in [0.2, 0.25) is 0 Å². The number of hydrogen-bond acceptors (Lipinski definition) is 6. The lowest BCUT2D eigenvalue weighted by Gasteiger charge is -2.34. The number of benzene rings is 11. The molecule has 0 spiro atoms. The summed E-state index contributed by atoms with van der Waals surface area (Å²) in [7, 11) is 0. The molecule has 0 atom stereocenters. The molecule has 6 heteroatoms. The van der Waals surface area contributed by atoms with Crippen molar-refractivity contribution in [3.05, 3.63) is 271 Å². The van der Waals surface area contributed by atoms with Crippen molar-refractivity contribution >= 4 is 85.0 Å². The molecule has 76 heavy (non-hydrogen) atoms. The molecule has 0 fully saturated rings. The molecule has 16 rings (SSSR count). The quantitative estimate of drug-likeness (QED) is 0.160. The van der Waals surface area contributed by atoms with E-state index in [1.165, 1.54) is 68.5 Å². The summed E-state index contributed by atoms with van der Waals surface area (Å²) in [5.74, 6) is 1.86. The lowest BCUT2D eigenvalue weighted by Crippen LogP contribution is -2.28. The number of hydrogen-bond donors (Lipinski definition) is 0. The molecule has 0 saturated carbocycles. The van der Waals surface area contributed by atoms with Crippen molar-refractivity contribution < 1.29 is 4.42 Å². The molecule has 354 valence electrons. The van der Waals surface area contributed by atoms with Crippen LogP contribution in [-0.4, -0.2) is 15.0 Å². The molecule has 11 aromatic carbocycles. The predicted molar refractivity (Wildman–Crippen MR) is 317 cm³/mol. The van der Waals surface area contributed by atoms with Crippen LogP contribution in [-0.2, 0) is 5.41 Å². The van der Waals surface area contributed by atoms with Crippen LogP contribution < -0.4 is 0 Å². The number of rotatable bonds is 7. The van der Waals surface area contributed by atoms with Gasteiger partial charge in [0.15, 0.2) is 17.5 Å². The summed E-state index contributed by atoms with van der Waals surface area (Å²) in [6, 6.07) is 89.9. The minimum Gasteiger partial charge on any atom is -0.456 e. The van der Waals surface area contributed by atoms with Gasteiger partial charge in [-0.05, 0) is 104 Å². The molecule has 4 nitrogen and oxygen atoms in total. The molecule has 0 N–H and O–H groups in total. The van der Waals surface area contributed by atoms with E-state index < -0.39 is 5.41 Å². The molecule has 15 aromatic rings. The van der Waals surface area contributed by atoms with Crippen LogP contribution in [0.4, 0.5) is 0 Å². The highest BCUT2D eigenvalue weighted by Gasteiger charge is 2.46. The van der Waals surface area contributed by atoms with E-state index in [2.05, 4.69) is 249 Å². The summed E-state index contributed by atoms with van der Waals surface area (Å²) in [6.07, 6.45) is 0. The van der Waals surface area contributed by atoms with Gasteiger partial charge in [0, 0.05) is 67.8 Å². The van der Waals surface area contributed by atoms with E-state index in [0.717, 1.165) is 66.1 Å². The fraction of sp³-hybridized carbons (Fsp3) is 0.0143. The maximum atomic E-state index is 6.73. The summed E-state index contributed by atoms with van der Waals surface area (Å²) in [4.78, 5) is 16.4. The van der Waals surface area contributed by atoms with Crippen LogP contribution in [0.1, 0.15) is 22.3 Å². The minimum absolute atomic E-state index is 0.482. The van der Waals surface area contributed by atoms with Crippen LogP contribution in [0.3, 0.4) is 0 Å². The number of furan rings is 1. The zero-order valence-corrected chi connectivity index (χ0v) is 42.4. The van der Waals surface area contributed by atoms with Crippen LogP contribution >= 0.6 is 22.7 Å². The highest BCUT2D eigenvalue weighted by atomic mass is 32.1. The summed E-state index contributed by atoms with van der Waals surface area (Å²) in [5.41, 5.74) is 16.1. The van der Waals surface area contributed by atoms with Crippen molar-refractivity contribution in [1.29, 1.82) is 0 Å². The Bertz CT molecular complexity index is 4670. The molecule has 1 aliphatic carbocycles. The predicted octanol–water partition coefficient (Wildman–Crippen LogP) is 19.2. The number of nitrogens with zero attached hydrogens (tertiary/aromatic N) is 3. The van der Waals surface area contributed by atoms with Gasteiger partial charge in [0.05, 0.1) is 5.41 Å². The molecule has 4 heterocycles. The Labute approximate surface area is 445 Å². The first-order valence-electron chi connectivity index (χ1n) is 25.7. The van der Waals surface area contributed by atoms with Gasteiger partial charge in [-0.1, -0.05) is 200 Å². The first kappa shape index (κ1) is 43.1. The van der Waals surface area contributed by atoms with Crippen molar-refractivity contribution in [3.63, 3.8) is 0 Å². The maximum absolute atomic E-state index is 6.73. The van der Waals surface area contributed by atoms with Gasteiger partial charge in [-0.25, -0.2) is 15.0 Å². The number of thiophene rings is 2. The van der Waals surface area contributed by atoms with E-state index in [1.54, 1.807) is 22.7 Å². The highest BCUT2D eigenvalue weighted by Crippen LogP contribution is 2.58. The third-order valence-electron chi connectivity index (χ3n) is 15.6. The standard InChI is InChI=1S/C70H41N3OS2/c1-3-20-45(21-4-1)70(46-22-5-2-6-23-46)55-31-10-7-24-48(55)63-47(27-14-32-56(63)70)44-19-13-18-42(40-44)43-38-39-57-54(41-43)64-51(28-15-33-58(64)74-57)67-71-68(52-29-16-36-61-65(52)49-25-8-11-34-59(49)75-61)73-69(72-67)53-30-17-37-62-66(53)50-26-9-12-35-60(50)76-62/h1-41H. The van der Waals surface area contributed by atoms with Gasteiger partial charge in [-0.3, -0.25) is 0 Å². The Balaban J connectivity index is 0.878. The summed E-state index contributed by atoms with van der Waals surface area (Å²) < 4.78 is 11.6. The van der Waals surface area contributed by atoms with Crippen molar-refractivity contribution in [3.8, 4) is 67.5 Å². The zero-order valence-electron chi connectivity index (χ0n) is 40.7. The van der Waals surface area contributed by atoms with Gasteiger partial charge in [-0.2, -0.15) is 0 Å². The van der Waals surface area contributed by atoms with Gasteiger partial charge in [0.1, 0.15) is 11.2 Å². The molecule has 0 saturated heterocycles. The monoisotopic (exact) mass is 1000 g/mol. The Kier molecular flexibility index (Phi) is 9.56. The summed E-state index contributed by atoms with van der Waals surface area (Å²) >= 11 is 3.60. The van der Waals surface area contributed by atoms with Gasteiger partial charge in [0.25, 0.3) is 0 Å². The van der Waals surface area contributed by atoms with Gasteiger partial charge >= 0.3 is 0 Å². The summed E-state index contributed by atoms with van der Waals surface area (Å²) in [5, 5.41) is 6.66. The van der Waals surface area contributed by atoms with Crippen molar-refractivity contribution in [1.82, 2.24) is 15.0 Å². The van der Waals surface area contributed by atoms with Crippen molar-refractivity contribution in [2.75, 3.05) is 0 Å². The lowest BCUT2D eigenvalue weighted by molar-refractivity contribution is 0.669. The Hall–Kier alpha value is -9.33. The molecule has 0 amide bonds. The average Bonchev–Trinajstić information content (AvgIpc) is 4.34. The largest absolute Gasteiger partial charge is 0.456 e. The zero-order chi connectivity index (χ0) is 49.9. The second-order valence-electron chi connectivity index (χ2n) is 19.7. The summed E-state index contributed by atoms with van der Waals surface area (Å²) in [6.45, 7) is 0. The lowest BCUT2D eigenvalue weighted by atomic mass is 9.67. The van der Waals surface area contributed by atoms with E-state index in [4.69, 9.17) is 19.4 Å². The molecule has 0 bridgehead atoms. The second kappa shape index (κ2) is 16.8. The van der Waals surface area contributed by atoms with Gasteiger partial charge in [0.2, 0.25) is 0 Å². The fourth-order valence-electron chi connectivity index (χ4n) is 12.5. The molecule has 4 aromatic heterocycles. The van der Waals surface area contributed by atoms with Crippen LogP contribution in [0, 0.1) is 0 Å². The van der Waals surface area contributed by atoms with Crippen molar-refractivity contribution in [2.45, 2.75) is 5.41 Å². The van der Waals surface area contributed by atoms with E-state index in [9.17, 15) is 0 Å². The Morgan fingerprint density at radius 3 is 1.43 bits per heavy atom. The van der Waals surface area contributed by atoms with Crippen LogP contribution in [0.25, 0.3) is 130 Å². The molecular formula is C70H41N3OS2. The first-order valence-corrected chi connectivity index (χ1v) is 27.3. The number of fused-ring (bicyclic) bond motifs is 12. The topological polar surface area (TPSA) is 51.8 Å². The van der Waals surface area contributed by atoms with Crippen LogP contribution in [0.15, 0.2) is 253 Å². The second-order valence-corrected chi connectivity index (χ2v) is 21.9. The van der Waals surface area contributed by atoms with E-state index in [1.807, 2.05) is 0 Å². The van der Waals surface area contributed by atoms with Gasteiger partial charge in [-0.15, -0.1) is 22.7 Å². The number of aromatic nitrogens is 3. The minimum atomic E-state index is -0.482. The fourth-order valence-corrected chi connectivity index (χ4v) is 14.7. The van der Waals surface area contributed by atoms with Gasteiger partial charge < -0.3 is 4.42 Å². The Morgan fingerprint density at radius 1 is 0.303 bits per heavy atom. The molecule has 0 aliphatic heterocycles. The van der Waals surface area contributed by atoms with Crippen LogP contribution in [0.5, 0.6) is 0 Å². The smallest absolute Gasteiger partial charge is 0.164 e. The average molecular weight is 1000 g/mol. The van der Waals surface area contributed by atoms with E-state index in [-0.39, 0.29) is 0 Å². The molecule has 1 aliphatic rings. The Morgan fingerprint density at radius 2 is 0.776 bits per heavy atom. The molecule has 0 radical (unpaired) electrons. The molecular weight excluding hydrogens is 963 g/mol. The normalized spacial score (nSPS) is 12.8. The highest BCUT2D eigenvalue weighted by molar-refractivity contribution is 7.26. The third-order valence-corrected chi connectivity index (χ3v) is 17.9. The van der Waals surface area contributed by atoms with E-state index >= 15 is 0 Å².